The standard InChI is InChI=1S/C6H5F.C2H6.CH2O/c7-6-4-2-1-3-5-6;2*1-2/h1-5H;1-2H3;1H2. The van der Waals surface area contributed by atoms with Crippen molar-refractivity contribution in [2.24, 2.45) is 0 Å². The minimum atomic E-state index is -0.178. The fourth-order valence-corrected chi connectivity index (χ4v) is 0.415. The van der Waals surface area contributed by atoms with Gasteiger partial charge in [0.05, 0.1) is 0 Å². The summed E-state index contributed by atoms with van der Waals surface area (Å²) in [5, 5.41) is 0. The summed E-state index contributed by atoms with van der Waals surface area (Å²) in [7, 11) is 0. The van der Waals surface area contributed by atoms with Gasteiger partial charge in [0.1, 0.15) is 12.6 Å². The van der Waals surface area contributed by atoms with Crippen LogP contribution in [-0.4, -0.2) is 6.79 Å². The molecule has 0 unspecified atom stereocenters. The van der Waals surface area contributed by atoms with Crippen molar-refractivity contribution in [3.63, 3.8) is 0 Å². The van der Waals surface area contributed by atoms with Gasteiger partial charge in [-0.25, -0.2) is 4.39 Å². The van der Waals surface area contributed by atoms with Gasteiger partial charge in [-0.2, -0.15) is 0 Å². The van der Waals surface area contributed by atoms with Crippen LogP contribution in [0.1, 0.15) is 13.8 Å². The number of hydrogen-bond acceptors (Lipinski definition) is 1. The number of carbonyl (C=O) groups excluding carboxylic acids is 1. The summed E-state index contributed by atoms with van der Waals surface area (Å²) < 4.78 is 11.9. The first-order valence-electron chi connectivity index (χ1n) is 3.39. The molecule has 1 aromatic rings. The number of halogens is 1. The maximum absolute atomic E-state index is 11.9. The van der Waals surface area contributed by atoms with Gasteiger partial charge in [-0.05, 0) is 12.1 Å². The zero-order valence-electron chi connectivity index (χ0n) is 6.88. The Bertz CT molecular complexity index is 151. The van der Waals surface area contributed by atoms with Crippen molar-refractivity contribution in [2.45, 2.75) is 13.8 Å². The number of rotatable bonds is 0. The minimum absolute atomic E-state index is 0.178. The molecule has 0 heterocycles. The van der Waals surface area contributed by atoms with Crippen LogP contribution < -0.4 is 0 Å². The third kappa shape index (κ3) is 8.82. The lowest BCUT2D eigenvalue weighted by molar-refractivity contribution is -0.0979. The predicted molar refractivity (Wildman–Crippen MR) is 44.9 cm³/mol. The first-order chi connectivity index (χ1) is 5.39. The van der Waals surface area contributed by atoms with Crippen molar-refractivity contribution in [1.29, 1.82) is 0 Å². The summed E-state index contributed by atoms with van der Waals surface area (Å²) in [6.45, 7) is 6.00. The first-order valence-corrected chi connectivity index (χ1v) is 3.39. The molecule has 0 aromatic heterocycles. The Morgan fingerprint density at radius 3 is 1.64 bits per heavy atom. The second-order valence-electron chi connectivity index (χ2n) is 1.30. The molecule has 2 heteroatoms. The molecule has 1 rings (SSSR count). The zero-order valence-corrected chi connectivity index (χ0v) is 6.88. The highest BCUT2D eigenvalue weighted by Gasteiger charge is 1.77. The molecule has 0 aliphatic heterocycles. The smallest absolute Gasteiger partial charge is 0.123 e. The van der Waals surface area contributed by atoms with E-state index in [9.17, 15) is 4.39 Å². The quantitative estimate of drug-likeness (QED) is 0.564. The molecule has 0 amide bonds. The van der Waals surface area contributed by atoms with E-state index >= 15 is 0 Å². The summed E-state index contributed by atoms with van der Waals surface area (Å²) in [5.74, 6) is -0.178. The monoisotopic (exact) mass is 156 g/mol. The number of benzene rings is 1. The average Bonchev–Trinajstić information content (AvgIpc) is 2.13. The van der Waals surface area contributed by atoms with Crippen molar-refractivity contribution in [2.75, 3.05) is 0 Å². The Balaban J connectivity index is 0. The van der Waals surface area contributed by atoms with Crippen LogP contribution in [0.4, 0.5) is 4.39 Å². The van der Waals surface area contributed by atoms with Crippen LogP contribution in [0.2, 0.25) is 0 Å². The molecule has 1 aromatic carbocycles. The van der Waals surface area contributed by atoms with Crippen molar-refractivity contribution in [3.05, 3.63) is 36.1 Å². The highest BCUT2D eigenvalue weighted by Crippen LogP contribution is 1.91. The molecule has 0 atom stereocenters. The van der Waals surface area contributed by atoms with Crippen LogP contribution >= 0.6 is 0 Å². The Labute approximate surface area is 66.9 Å². The number of hydrogen-bond donors (Lipinski definition) is 0. The van der Waals surface area contributed by atoms with Gasteiger partial charge in [-0.1, -0.05) is 32.0 Å². The molecule has 0 N–H and O–H groups in total. The van der Waals surface area contributed by atoms with E-state index in [0.29, 0.717) is 0 Å². The zero-order chi connectivity index (χ0) is 9.11. The third-order valence-electron chi connectivity index (χ3n) is 0.733. The molecule has 62 valence electrons. The average molecular weight is 156 g/mol. The van der Waals surface area contributed by atoms with E-state index in [0.717, 1.165) is 0 Å². The molecule has 0 spiro atoms. The maximum Gasteiger partial charge on any atom is 0.123 e. The van der Waals surface area contributed by atoms with Gasteiger partial charge in [0.25, 0.3) is 0 Å². The number of carbonyl (C=O) groups is 1. The molecule has 0 aliphatic carbocycles. The Kier molecular flexibility index (Phi) is 13.2. The van der Waals surface area contributed by atoms with E-state index in [1.807, 2.05) is 20.6 Å². The summed E-state index contributed by atoms with van der Waals surface area (Å²) in [6.07, 6.45) is 0. The predicted octanol–water partition coefficient (Wildman–Crippen LogP) is 2.67. The lowest BCUT2D eigenvalue weighted by Gasteiger charge is -1.78. The van der Waals surface area contributed by atoms with Crippen LogP contribution in [0.15, 0.2) is 30.3 Å². The van der Waals surface area contributed by atoms with E-state index in [2.05, 4.69) is 0 Å². The van der Waals surface area contributed by atoms with Gasteiger partial charge in [0, 0.05) is 0 Å². The SMILES string of the molecule is C=O.CC.Fc1ccccc1. The lowest BCUT2D eigenvalue weighted by atomic mass is 10.4. The largest absolute Gasteiger partial charge is 0.307 e. The fraction of sp³-hybridized carbons (Fsp3) is 0.222. The van der Waals surface area contributed by atoms with Gasteiger partial charge in [-0.15, -0.1) is 0 Å². The minimum Gasteiger partial charge on any atom is -0.307 e. The summed E-state index contributed by atoms with van der Waals surface area (Å²) in [4.78, 5) is 8.00. The molecular weight excluding hydrogens is 143 g/mol. The summed E-state index contributed by atoms with van der Waals surface area (Å²) in [5.41, 5.74) is 0. The van der Waals surface area contributed by atoms with Crippen LogP contribution in [0.3, 0.4) is 0 Å². The molecule has 0 fully saturated rings. The van der Waals surface area contributed by atoms with Crippen LogP contribution in [0.5, 0.6) is 0 Å². The normalized spacial score (nSPS) is 6.45. The molecule has 1 nitrogen and oxygen atoms in total. The van der Waals surface area contributed by atoms with Gasteiger partial charge >= 0.3 is 0 Å². The fourth-order valence-electron chi connectivity index (χ4n) is 0.415. The van der Waals surface area contributed by atoms with Crippen LogP contribution in [0.25, 0.3) is 0 Å². The third-order valence-corrected chi connectivity index (χ3v) is 0.733. The van der Waals surface area contributed by atoms with Gasteiger partial charge < -0.3 is 4.79 Å². The highest BCUT2D eigenvalue weighted by atomic mass is 19.1. The van der Waals surface area contributed by atoms with Crippen molar-refractivity contribution >= 4 is 6.79 Å². The summed E-state index contributed by atoms with van der Waals surface area (Å²) >= 11 is 0. The topological polar surface area (TPSA) is 17.1 Å². The Morgan fingerprint density at radius 2 is 1.45 bits per heavy atom. The van der Waals surface area contributed by atoms with E-state index in [4.69, 9.17) is 4.79 Å². The lowest BCUT2D eigenvalue weighted by Crippen LogP contribution is -1.63. The molecule has 0 saturated carbocycles. The molecule has 11 heavy (non-hydrogen) atoms. The second kappa shape index (κ2) is 11.6. The first kappa shape index (κ1) is 12.5. The van der Waals surface area contributed by atoms with E-state index in [-0.39, 0.29) is 5.82 Å². The van der Waals surface area contributed by atoms with Gasteiger partial charge in [-0.3, -0.25) is 0 Å². The van der Waals surface area contributed by atoms with Crippen molar-refractivity contribution < 1.29 is 9.18 Å². The van der Waals surface area contributed by atoms with E-state index < -0.39 is 0 Å². The summed E-state index contributed by atoms with van der Waals surface area (Å²) in [6, 6.07) is 7.94. The Morgan fingerprint density at radius 1 is 1.09 bits per heavy atom. The maximum atomic E-state index is 11.9. The van der Waals surface area contributed by atoms with Gasteiger partial charge in [0.15, 0.2) is 0 Å². The molecular formula is C9H13FO. The second-order valence-corrected chi connectivity index (χ2v) is 1.30. The van der Waals surface area contributed by atoms with Crippen molar-refractivity contribution in [3.8, 4) is 0 Å². The van der Waals surface area contributed by atoms with Crippen LogP contribution in [0, 0.1) is 5.82 Å². The van der Waals surface area contributed by atoms with Crippen LogP contribution in [-0.2, 0) is 4.79 Å². The van der Waals surface area contributed by atoms with E-state index in [1.165, 1.54) is 12.1 Å². The Hall–Kier alpha value is -1.18. The molecule has 0 bridgehead atoms. The highest BCUT2D eigenvalue weighted by molar-refractivity contribution is 5.11. The van der Waals surface area contributed by atoms with Gasteiger partial charge in [0.2, 0.25) is 0 Å². The molecule has 0 saturated heterocycles. The van der Waals surface area contributed by atoms with Crippen molar-refractivity contribution in [1.82, 2.24) is 0 Å². The van der Waals surface area contributed by atoms with E-state index in [1.54, 1.807) is 18.2 Å². The molecule has 0 radical (unpaired) electrons. The molecule has 0 aliphatic rings.